The Morgan fingerprint density at radius 2 is 1.68 bits per heavy atom. The second-order valence-corrected chi connectivity index (χ2v) is 6.83. The second-order valence-electron chi connectivity index (χ2n) is 6.83. The van der Waals surface area contributed by atoms with Crippen LogP contribution in [0, 0.1) is 5.82 Å². The molecule has 1 atom stereocenters. The number of tetrazole rings is 1. The van der Waals surface area contributed by atoms with Crippen molar-refractivity contribution in [3.05, 3.63) is 95.8 Å². The van der Waals surface area contributed by atoms with Gasteiger partial charge in [-0.1, -0.05) is 42.5 Å². The fraction of sp³-hybridized carbons (Fsp3) is 0.130. The van der Waals surface area contributed by atoms with E-state index in [0.29, 0.717) is 11.4 Å². The van der Waals surface area contributed by atoms with Crippen molar-refractivity contribution in [1.82, 2.24) is 25.5 Å². The van der Waals surface area contributed by atoms with E-state index < -0.39 is 0 Å². The van der Waals surface area contributed by atoms with Crippen LogP contribution >= 0.6 is 0 Å². The Bertz CT molecular complexity index is 1140. The van der Waals surface area contributed by atoms with Crippen LogP contribution in [0.4, 0.5) is 4.39 Å². The molecule has 0 aliphatic rings. The normalized spacial score (nSPS) is 11.7. The third kappa shape index (κ3) is 4.92. The molecule has 3 aromatic carbocycles. The molecule has 1 heterocycles. The lowest BCUT2D eigenvalue weighted by Gasteiger charge is -2.20. The topological polar surface area (TPSA) is 81.9 Å². The zero-order valence-corrected chi connectivity index (χ0v) is 16.8. The van der Waals surface area contributed by atoms with E-state index in [-0.39, 0.29) is 24.3 Å². The van der Waals surface area contributed by atoms with E-state index in [1.807, 2.05) is 54.6 Å². The lowest BCUT2D eigenvalue weighted by Crippen LogP contribution is -2.32. The van der Waals surface area contributed by atoms with Crippen molar-refractivity contribution in [1.29, 1.82) is 0 Å². The molecule has 156 valence electrons. The summed E-state index contributed by atoms with van der Waals surface area (Å²) in [6, 6.07) is 22.6. The third-order valence-electron chi connectivity index (χ3n) is 4.73. The molecule has 0 fully saturated rings. The van der Waals surface area contributed by atoms with Gasteiger partial charge in [0.05, 0.1) is 13.2 Å². The fourth-order valence-corrected chi connectivity index (χ4v) is 3.16. The Hall–Kier alpha value is -4.07. The summed E-state index contributed by atoms with van der Waals surface area (Å²) in [6.07, 6.45) is 0. The molecule has 0 saturated carbocycles. The van der Waals surface area contributed by atoms with E-state index in [1.54, 1.807) is 19.2 Å². The van der Waals surface area contributed by atoms with E-state index in [1.165, 1.54) is 16.9 Å². The molecule has 0 aliphatic carbocycles. The first-order valence-electron chi connectivity index (χ1n) is 9.64. The first kappa shape index (κ1) is 20.2. The van der Waals surface area contributed by atoms with Crippen molar-refractivity contribution in [3.8, 4) is 17.1 Å². The molecule has 1 N–H and O–H groups in total. The number of nitrogens with one attached hydrogen (secondary N) is 1. The van der Waals surface area contributed by atoms with E-state index in [2.05, 4.69) is 20.7 Å². The number of benzene rings is 3. The summed E-state index contributed by atoms with van der Waals surface area (Å²) in [5.74, 6) is 0.443. The predicted octanol–water partition coefficient (Wildman–Crippen LogP) is 3.39. The van der Waals surface area contributed by atoms with E-state index in [9.17, 15) is 9.18 Å². The molecular formula is C23H20FN5O2. The lowest BCUT2D eigenvalue weighted by atomic mass is 9.98. The highest BCUT2D eigenvalue weighted by molar-refractivity contribution is 5.76. The van der Waals surface area contributed by atoms with Gasteiger partial charge in [0.25, 0.3) is 0 Å². The SMILES string of the molecule is COc1ccc(C(NC(=O)Cn2nnc(-c3ccc(F)cc3)n2)c2ccccc2)cc1. The third-order valence-corrected chi connectivity index (χ3v) is 4.73. The van der Waals surface area contributed by atoms with Crippen LogP contribution in [0.1, 0.15) is 17.2 Å². The number of ether oxygens (including phenoxy) is 1. The summed E-state index contributed by atoms with van der Waals surface area (Å²) in [6.45, 7) is -0.103. The van der Waals surface area contributed by atoms with Gasteiger partial charge in [0.15, 0.2) is 0 Å². The maximum absolute atomic E-state index is 13.1. The molecule has 0 bridgehead atoms. The van der Waals surface area contributed by atoms with Gasteiger partial charge in [0, 0.05) is 5.56 Å². The summed E-state index contributed by atoms with van der Waals surface area (Å²) in [7, 11) is 1.61. The molecule has 7 nitrogen and oxygen atoms in total. The molecule has 31 heavy (non-hydrogen) atoms. The lowest BCUT2D eigenvalue weighted by molar-refractivity contribution is -0.122. The number of aromatic nitrogens is 4. The van der Waals surface area contributed by atoms with Crippen molar-refractivity contribution < 1.29 is 13.9 Å². The molecule has 8 heteroatoms. The van der Waals surface area contributed by atoms with Gasteiger partial charge in [0.1, 0.15) is 18.1 Å². The second kappa shape index (κ2) is 9.17. The minimum atomic E-state index is -0.348. The predicted molar refractivity (Wildman–Crippen MR) is 113 cm³/mol. The van der Waals surface area contributed by atoms with Gasteiger partial charge in [-0.3, -0.25) is 4.79 Å². The Morgan fingerprint density at radius 3 is 2.35 bits per heavy atom. The molecule has 4 rings (SSSR count). The minimum Gasteiger partial charge on any atom is -0.497 e. The van der Waals surface area contributed by atoms with Crippen LogP contribution in [0.25, 0.3) is 11.4 Å². The van der Waals surface area contributed by atoms with Gasteiger partial charge in [-0.25, -0.2) is 4.39 Å². The van der Waals surface area contributed by atoms with Crippen LogP contribution in [0.5, 0.6) is 5.75 Å². The number of methoxy groups -OCH3 is 1. The largest absolute Gasteiger partial charge is 0.497 e. The maximum atomic E-state index is 13.1. The summed E-state index contributed by atoms with van der Waals surface area (Å²) in [5, 5.41) is 15.1. The van der Waals surface area contributed by atoms with Gasteiger partial charge >= 0.3 is 0 Å². The van der Waals surface area contributed by atoms with Gasteiger partial charge in [0.2, 0.25) is 11.7 Å². The summed E-state index contributed by atoms with van der Waals surface area (Å²) >= 11 is 0. The molecule has 1 amide bonds. The highest BCUT2D eigenvalue weighted by Gasteiger charge is 2.18. The Labute approximate surface area is 178 Å². The van der Waals surface area contributed by atoms with Crippen molar-refractivity contribution in [2.24, 2.45) is 0 Å². The zero-order valence-electron chi connectivity index (χ0n) is 16.8. The minimum absolute atomic E-state index is 0.103. The molecule has 0 saturated heterocycles. The fourth-order valence-electron chi connectivity index (χ4n) is 3.16. The molecule has 1 unspecified atom stereocenters. The number of nitrogens with zero attached hydrogens (tertiary/aromatic N) is 4. The van der Waals surface area contributed by atoms with Gasteiger partial charge in [-0.05, 0) is 52.7 Å². The summed E-state index contributed by atoms with van der Waals surface area (Å²) < 4.78 is 18.3. The van der Waals surface area contributed by atoms with E-state index in [0.717, 1.165) is 16.9 Å². The number of halogens is 1. The smallest absolute Gasteiger partial charge is 0.244 e. The standard InChI is InChI=1S/C23H20FN5O2/c1-31-20-13-9-17(10-14-20)22(16-5-3-2-4-6-16)25-21(30)15-29-27-23(26-28-29)18-7-11-19(24)12-8-18/h2-14,22H,15H2,1H3,(H,25,30). The monoisotopic (exact) mass is 417 g/mol. The van der Waals surface area contributed by atoms with Crippen LogP contribution in [0.15, 0.2) is 78.9 Å². The molecule has 0 spiro atoms. The first-order valence-corrected chi connectivity index (χ1v) is 9.64. The highest BCUT2D eigenvalue weighted by atomic mass is 19.1. The van der Waals surface area contributed by atoms with Crippen LogP contribution < -0.4 is 10.1 Å². The number of carbonyl (C=O) groups excluding carboxylic acids is 1. The summed E-state index contributed by atoms with van der Waals surface area (Å²) in [5.41, 5.74) is 2.48. The number of amides is 1. The average molecular weight is 417 g/mol. The number of carbonyl (C=O) groups is 1. The van der Waals surface area contributed by atoms with Gasteiger partial charge < -0.3 is 10.1 Å². The quantitative estimate of drug-likeness (QED) is 0.498. The van der Waals surface area contributed by atoms with E-state index in [4.69, 9.17) is 4.74 Å². The molecule has 0 radical (unpaired) electrons. The highest BCUT2D eigenvalue weighted by Crippen LogP contribution is 2.24. The van der Waals surface area contributed by atoms with Crippen molar-refractivity contribution in [3.63, 3.8) is 0 Å². The Morgan fingerprint density at radius 1 is 1.00 bits per heavy atom. The molecule has 4 aromatic rings. The van der Waals surface area contributed by atoms with E-state index >= 15 is 0 Å². The van der Waals surface area contributed by atoms with Crippen LogP contribution in [-0.4, -0.2) is 33.2 Å². The van der Waals surface area contributed by atoms with Crippen LogP contribution in [-0.2, 0) is 11.3 Å². The van der Waals surface area contributed by atoms with Crippen LogP contribution in [0.3, 0.4) is 0 Å². The number of hydrogen-bond acceptors (Lipinski definition) is 5. The number of hydrogen-bond donors (Lipinski definition) is 1. The average Bonchev–Trinajstić information content (AvgIpc) is 3.27. The zero-order chi connectivity index (χ0) is 21.6. The van der Waals surface area contributed by atoms with Gasteiger partial charge in [-0.15, -0.1) is 10.2 Å². The van der Waals surface area contributed by atoms with Crippen molar-refractivity contribution in [2.75, 3.05) is 7.11 Å². The number of rotatable bonds is 7. The summed E-state index contributed by atoms with van der Waals surface area (Å²) in [4.78, 5) is 14.0. The maximum Gasteiger partial charge on any atom is 0.244 e. The Balaban J connectivity index is 1.50. The van der Waals surface area contributed by atoms with Crippen LogP contribution in [0.2, 0.25) is 0 Å². The first-order chi connectivity index (χ1) is 15.1. The molecular weight excluding hydrogens is 397 g/mol. The molecule has 1 aromatic heterocycles. The van der Waals surface area contributed by atoms with Gasteiger partial charge in [-0.2, -0.15) is 4.80 Å². The molecule has 0 aliphatic heterocycles. The Kier molecular flexibility index (Phi) is 5.98. The van der Waals surface area contributed by atoms with Crippen molar-refractivity contribution >= 4 is 5.91 Å². The van der Waals surface area contributed by atoms with Crippen molar-refractivity contribution in [2.45, 2.75) is 12.6 Å².